The Hall–Kier alpha value is -0.120. The second-order valence-electron chi connectivity index (χ2n) is 1.91. The summed E-state index contributed by atoms with van der Waals surface area (Å²) in [4.78, 5) is 0. The standard InChI is InChI=1S/C6H16N2O/c1-4-5-6(9-3)8-7-2/h6-8H,4-5H2,1-3H3. The minimum atomic E-state index is 0.153. The molecule has 2 N–H and O–H groups in total. The average Bonchev–Trinajstić information content (AvgIpc) is 1.88. The fourth-order valence-electron chi connectivity index (χ4n) is 0.672. The Kier molecular flexibility index (Phi) is 5.93. The van der Waals surface area contributed by atoms with Gasteiger partial charge in [0.05, 0.1) is 0 Å². The van der Waals surface area contributed by atoms with Gasteiger partial charge in [-0.1, -0.05) is 13.3 Å². The Morgan fingerprint density at radius 3 is 2.56 bits per heavy atom. The largest absolute Gasteiger partial charge is 0.365 e. The van der Waals surface area contributed by atoms with Crippen molar-refractivity contribution in [3.63, 3.8) is 0 Å². The number of ether oxygens (including phenoxy) is 1. The van der Waals surface area contributed by atoms with Gasteiger partial charge in [-0.2, -0.15) is 0 Å². The summed E-state index contributed by atoms with van der Waals surface area (Å²) < 4.78 is 5.06. The first-order valence-electron chi connectivity index (χ1n) is 3.30. The van der Waals surface area contributed by atoms with Crippen LogP contribution in [-0.4, -0.2) is 20.4 Å². The number of hydrogen-bond acceptors (Lipinski definition) is 3. The van der Waals surface area contributed by atoms with Crippen LogP contribution in [-0.2, 0) is 4.74 Å². The van der Waals surface area contributed by atoms with E-state index in [1.165, 1.54) is 0 Å². The van der Waals surface area contributed by atoms with Crippen molar-refractivity contribution in [2.75, 3.05) is 14.2 Å². The SMILES string of the molecule is CCCC(NNC)OC. The topological polar surface area (TPSA) is 33.3 Å². The van der Waals surface area contributed by atoms with Gasteiger partial charge in [-0.25, -0.2) is 5.43 Å². The van der Waals surface area contributed by atoms with Crippen LogP contribution in [0.3, 0.4) is 0 Å². The van der Waals surface area contributed by atoms with Gasteiger partial charge in [-0.15, -0.1) is 0 Å². The third-order valence-electron chi connectivity index (χ3n) is 1.14. The molecule has 0 aliphatic rings. The Balaban J connectivity index is 3.18. The molecule has 9 heavy (non-hydrogen) atoms. The van der Waals surface area contributed by atoms with Gasteiger partial charge >= 0.3 is 0 Å². The van der Waals surface area contributed by atoms with Crippen molar-refractivity contribution in [2.45, 2.75) is 26.0 Å². The van der Waals surface area contributed by atoms with Crippen LogP contribution in [0.25, 0.3) is 0 Å². The number of hydrogen-bond donors (Lipinski definition) is 2. The quantitative estimate of drug-likeness (QED) is 0.422. The molecule has 0 radical (unpaired) electrons. The molecule has 0 bridgehead atoms. The first kappa shape index (κ1) is 8.88. The van der Waals surface area contributed by atoms with E-state index in [9.17, 15) is 0 Å². The molecular weight excluding hydrogens is 116 g/mol. The van der Waals surface area contributed by atoms with Gasteiger partial charge < -0.3 is 4.74 Å². The normalized spacial score (nSPS) is 13.7. The van der Waals surface area contributed by atoms with E-state index < -0.39 is 0 Å². The van der Waals surface area contributed by atoms with E-state index in [0.717, 1.165) is 12.8 Å². The van der Waals surface area contributed by atoms with Gasteiger partial charge in [0.15, 0.2) is 0 Å². The molecular formula is C6H16N2O. The fraction of sp³-hybridized carbons (Fsp3) is 1.00. The van der Waals surface area contributed by atoms with Gasteiger partial charge in [-0.3, -0.25) is 5.43 Å². The second-order valence-corrected chi connectivity index (χ2v) is 1.91. The molecule has 0 saturated heterocycles. The van der Waals surface area contributed by atoms with Crippen LogP contribution in [0.4, 0.5) is 0 Å². The Labute approximate surface area is 56.7 Å². The summed E-state index contributed by atoms with van der Waals surface area (Å²) in [7, 11) is 3.53. The smallest absolute Gasteiger partial charge is 0.119 e. The van der Waals surface area contributed by atoms with Crippen LogP contribution >= 0.6 is 0 Å². The molecule has 0 saturated carbocycles. The molecule has 1 atom stereocenters. The van der Waals surface area contributed by atoms with Gasteiger partial charge in [0, 0.05) is 7.11 Å². The lowest BCUT2D eigenvalue weighted by Crippen LogP contribution is -2.39. The van der Waals surface area contributed by atoms with E-state index in [1.807, 2.05) is 7.05 Å². The lowest BCUT2D eigenvalue weighted by atomic mass is 10.3. The summed E-state index contributed by atoms with van der Waals surface area (Å²) in [6, 6.07) is 0. The zero-order valence-corrected chi connectivity index (χ0v) is 6.40. The van der Waals surface area contributed by atoms with E-state index in [0.29, 0.717) is 0 Å². The molecule has 0 fully saturated rings. The van der Waals surface area contributed by atoms with Crippen molar-refractivity contribution in [1.29, 1.82) is 0 Å². The summed E-state index contributed by atoms with van der Waals surface area (Å²) in [6.45, 7) is 2.13. The molecule has 0 aromatic carbocycles. The molecule has 0 aromatic heterocycles. The maximum absolute atomic E-state index is 5.06. The summed E-state index contributed by atoms with van der Waals surface area (Å²) in [5.41, 5.74) is 5.79. The molecule has 0 aliphatic carbocycles. The highest BCUT2D eigenvalue weighted by atomic mass is 16.5. The third-order valence-corrected chi connectivity index (χ3v) is 1.14. The molecule has 0 aliphatic heterocycles. The Morgan fingerprint density at radius 2 is 2.22 bits per heavy atom. The second kappa shape index (κ2) is 6.01. The number of methoxy groups -OCH3 is 1. The van der Waals surface area contributed by atoms with E-state index in [4.69, 9.17) is 4.74 Å². The Morgan fingerprint density at radius 1 is 1.56 bits per heavy atom. The van der Waals surface area contributed by atoms with E-state index in [1.54, 1.807) is 7.11 Å². The average molecular weight is 132 g/mol. The van der Waals surface area contributed by atoms with Crippen LogP contribution in [0, 0.1) is 0 Å². The maximum Gasteiger partial charge on any atom is 0.119 e. The van der Waals surface area contributed by atoms with Crippen LogP contribution in [0.2, 0.25) is 0 Å². The number of rotatable bonds is 5. The molecule has 3 heteroatoms. The summed E-state index contributed by atoms with van der Waals surface area (Å²) in [5.74, 6) is 0. The van der Waals surface area contributed by atoms with Crippen LogP contribution in [0.5, 0.6) is 0 Å². The molecule has 0 rings (SSSR count). The summed E-state index contributed by atoms with van der Waals surface area (Å²) in [5, 5.41) is 0. The molecule has 56 valence electrons. The summed E-state index contributed by atoms with van der Waals surface area (Å²) in [6.07, 6.45) is 2.32. The van der Waals surface area contributed by atoms with Crippen LogP contribution < -0.4 is 10.9 Å². The summed E-state index contributed by atoms with van der Waals surface area (Å²) >= 11 is 0. The van der Waals surface area contributed by atoms with Gasteiger partial charge in [0.25, 0.3) is 0 Å². The zero-order valence-electron chi connectivity index (χ0n) is 6.40. The minimum Gasteiger partial charge on any atom is -0.365 e. The van der Waals surface area contributed by atoms with E-state index in [-0.39, 0.29) is 6.23 Å². The molecule has 0 spiro atoms. The van der Waals surface area contributed by atoms with Crippen molar-refractivity contribution >= 4 is 0 Å². The van der Waals surface area contributed by atoms with Crippen molar-refractivity contribution in [2.24, 2.45) is 0 Å². The minimum absolute atomic E-state index is 0.153. The molecule has 1 unspecified atom stereocenters. The lowest BCUT2D eigenvalue weighted by Gasteiger charge is -2.14. The van der Waals surface area contributed by atoms with E-state index in [2.05, 4.69) is 17.8 Å². The van der Waals surface area contributed by atoms with Crippen molar-refractivity contribution in [3.05, 3.63) is 0 Å². The molecule has 0 heterocycles. The molecule has 0 aromatic rings. The first-order valence-corrected chi connectivity index (χ1v) is 3.30. The monoisotopic (exact) mass is 132 g/mol. The van der Waals surface area contributed by atoms with Crippen molar-refractivity contribution in [3.8, 4) is 0 Å². The predicted octanol–water partition coefficient (Wildman–Crippen LogP) is 0.483. The predicted molar refractivity (Wildman–Crippen MR) is 37.9 cm³/mol. The third kappa shape index (κ3) is 4.39. The molecule has 0 amide bonds. The van der Waals surface area contributed by atoms with Crippen molar-refractivity contribution in [1.82, 2.24) is 10.9 Å². The molecule has 3 nitrogen and oxygen atoms in total. The van der Waals surface area contributed by atoms with Gasteiger partial charge in [0.2, 0.25) is 0 Å². The zero-order chi connectivity index (χ0) is 7.11. The van der Waals surface area contributed by atoms with Crippen LogP contribution in [0.1, 0.15) is 19.8 Å². The lowest BCUT2D eigenvalue weighted by molar-refractivity contribution is 0.0562. The van der Waals surface area contributed by atoms with Gasteiger partial charge in [-0.05, 0) is 13.5 Å². The highest BCUT2D eigenvalue weighted by Gasteiger charge is 2.00. The van der Waals surface area contributed by atoms with Gasteiger partial charge in [0.1, 0.15) is 6.23 Å². The highest BCUT2D eigenvalue weighted by molar-refractivity contribution is 4.47. The van der Waals surface area contributed by atoms with Crippen molar-refractivity contribution < 1.29 is 4.74 Å². The number of hydrazine groups is 1. The maximum atomic E-state index is 5.06. The highest BCUT2D eigenvalue weighted by Crippen LogP contribution is 1.94. The van der Waals surface area contributed by atoms with Crippen LogP contribution in [0.15, 0.2) is 0 Å². The first-order chi connectivity index (χ1) is 4.35. The van der Waals surface area contributed by atoms with E-state index >= 15 is 0 Å². The Bertz CT molecular complexity index is 53.0. The number of nitrogens with one attached hydrogen (secondary N) is 2. The fourth-order valence-corrected chi connectivity index (χ4v) is 0.672.